The van der Waals surface area contributed by atoms with Crippen molar-refractivity contribution in [1.29, 1.82) is 0 Å². The van der Waals surface area contributed by atoms with Crippen molar-refractivity contribution in [3.8, 4) is 0 Å². The molecule has 1 unspecified atom stereocenters. The van der Waals surface area contributed by atoms with Crippen LogP contribution in [0.1, 0.15) is 49.0 Å². The smallest absolute Gasteiger partial charge is 0.263 e. The van der Waals surface area contributed by atoms with Crippen LogP contribution >= 0.6 is 11.3 Å². The number of hydrogen-bond donors (Lipinski definition) is 2. The van der Waals surface area contributed by atoms with Gasteiger partial charge in [0.2, 0.25) is 0 Å². The third-order valence-electron chi connectivity index (χ3n) is 3.64. The minimum absolute atomic E-state index is 0.0793. The van der Waals surface area contributed by atoms with Gasteiger partial charge < -0.3 is 11.1 Å². The Morgan fingerprint density at radius 2 is 2.05 bits per heavy atom. The van der Waals surface area contributed by atoms with Crippen molar-refractivity contribution in [3.63, 3.8) is 0 Å². The molecule has 0 spiro atoms. The van der Waals surface area contributed by atoms with Crippen LogP contribution in [0.5, 0.6) is 0 Å². The van der Waals surface area contributed by atoms with Gasteiger partial charge in [-0.2, -0.15) is 5.10 Å². The molecule has 116 valence electrons. The summed E-state index contributed by atoms with van der Waals surface area (Å²) in [5.74, 6) is 0.567. The first-order chi connectivity index (χ1) is 9.81. The number of aromatic nitrogens is 2. The van der Waals surface area contributed by atoms with Gasteiger partial charge in [-0.05, 0) is 32.6 Å². The van der Waals surface area contributed by atoms with E-state index in [-0.39, 0.29) is 11.9 Å². The highest BCUT2D eigenvalue weighted by molar-refractivity contribution is 7.21. The molecule has 2 aromatic rings. The maximum absolute atomic E-state index is 12.4. The Kier molecular flexibility index (Phi) is 4.56. The molecule has 0 fully saturated rings. The Hall–Kier alpha value is -1.56. The first kappa shape index (κ1) is 15.8. The van der Waals surface area contributed by atoms with Gasteiger partial charge in [-0.25, -0.2) is 0 Å². The standard InChI is InChI=1S/C15H24N4OS/c1-8(2)6-7-9(3)17-14(20)13-12(16)11-10(4)18-19(5)15(11)21-13/h8-9H,6-7,16H2,1-5H3,(H,17,20). The number of nitrogen functional groups attached to an aromatic ring is 1. The van der Waals surface area contributed by atoms with Gasteiger partial charge in [0.05, 0.1) is 16.8 Å². The summed E-state index contributed by atoms with van der Waals surface area (Å²) in [6, 6.07) is 0.156. The van der Waals surface area contributed by atoms with Crippen LogP contribution in [0.4, 0.5) is 5.69 Å². The van der Waals surface area contributed by atoms with Crippen molar-refractivity contribution in [3.05, 3.63) is 10.6 Å². The maximum atomic E-state index is 12.4. The molecule has 0 aliphatic rings. The quantitative estimate of drug-likeness (QED) is 0.891. The van der Waals surface area contributed by atoms with Crippen molar-refractivity contribution in [1.82, 2.24) is 15.1 Å². The van der Waals surface area contributed by atoms with Crippen molar-refractivity contribution >= 4 is 33.1 Å². The molecule has 0 aromatic carbocycles. The molecule has 0 aliphatic heterocycles. The molecule has 3 N–H and O–H groups in total. The molecule has 1 atom stereocenters. The maximum Gasteiger partial charge on any atom is 0.263 e. The SMILES string of the molecule is Cc1nn(C)c2sc(C(=O)NC(C)CCC(C)C)c(N)c12. The van der Waals surface area contributed by atoms with Crippen LogP contribution < -0.4 is 11.1 Å². The molecule has 2 rings (SSSR count). The number of nitrogens with two attached hydrogens (primary N) is 1. The van der Waals surface area contributed by atoms with Crippen LogP contribution in [0.25, 0.3) is 10.2 Å². The van der Waals surface area contributed by atoms with E-state index in [9.17, 15) is 4.79 Å². The van der Waals surface area contributed by atoms with E-state index < -0.39 is 0 Å². The second-order valence-corrected chi connectivity index (χ2v) is 7.08. The van der Waals surface area contributed by atoms with E-state index in [4.69, 9.17) is 5.73 Å². The van der Waals surface area contributed by atoms with Gasteiger partial charge in [-0.15, -0.1) is 11.3 Å². The largest absolute Gasteiger partial charge is 0.397 e. The lowest BCUT2D eigenvalue weighted by Gasteiger charge is -2.14. The van der Waals surface area contributed by atoms with Gasteiger partial charge >= 0.3 is 0 Å². The number of nitrogens with zero attached hydrogens (tertiary/aromatic N) is 2. The number of carbonyl (C=O) groups excluding carboxylic acids is 1. The van der Waals surface area contributed by atoms with Crippen molar-refractivity contribution in [2.24, 2.45) is 13.0 Å². The van der Waals surface area contributed by atoms with E-state index in [2.05, 4.69) is 24.3 Å². The highest BCUT2D eigenvalue weighted by atomic mass is 32.1. The van der Waals surface area contributed by atoms with Crippen LogP contribution in [0.3, 0.4) is 0 Å². The summed E-state index contributed by atoms with van der Waals surface area (Å²) in [5.41, 5.74) is 7.57. The molecule has 0 radical (unpaired) electrons. The van der Waals surface area contributed by atoms with Gasteiger partial charge in [0, 0.05) is 13.1 Å². The van der Waals surface area contributed by atoms with E-state index in [1.54, 1.807) is 4.68 Å². The number of rotatable bonds is 5. The Balaban J connectivity index is 2.16. The summed E-state index contributed by atoms with van der Waals surface area (Å²) >= 11 is 1.41. The Morgan fingerprint density at radius 3 is 2.62 bits per heavy atom. The van der Waals surface area contributed by atoms with Crippen LogP contribution in [-0.4, -0.2) is 21.7 Å². The van der Waals surface area contributed by atoms with E-state index >= 15 is 0 Å². The lowest BCUT2D eigenvalue weighted by molar-refractivity contribution is 0.0942. The third kappa shape index (κ3) is 3.20. The van der Waals surface area contributed by atoms with Crippen molar-refractivity contribution < 1.29 is 4.79 Å². The van der Waals surface area contributed by atoms with E-state index in [0.29, 0.717) is 16.5 Å². The van der Waals surface area contributed by atoms with E-state index in [0.717, 1.165) is 28.8 Å². The Labute approximate surface area is 129 Å². The number of aryl methyl sites for hydroxylation is 2. The monoisotopic (exact) mass is 308 g/mol. The zero-order valence-corrected chi connectivity index (χ0v) is 14.2. The summed E-state index contributed by atoms with van der Waals surface area (Å²) in [4.78, 5) is 13.9. The van der Waals surface area contributed by atoms with Gasteiger partial charge in [-0.3, -0.25) is 9.48 Å². The molecule has 2 heterocycles. The molecular formula is C15H24N4OS. The average Bonchev–Trinajstić information content (AvgIpc) is 2.87. The van der Waals surface area contributed by atoms with Crippen LogP contribution in [0, 0.1) is 12.8 Å². The number of fused-ring (bicyclic) bond motifs is 1. The van der Waals surface area contributed by atoms with Crippen LogP contribution in [0.2, 0.25) is 0 Å². The highest BCUT2D eigenvalue weighted by Crippen LogP contribution is 2.35. The van der Waals surface area contributed by atoms with Crippen molar-refractivity contribution in [2.45, 2.75) is 46.6 Å². The average molecular weight is 308 g/mol. The van der Waals surface area contributed by atoms with Gasteiger partial charge in [0.25, 0.3) is 5.91 Å². The number of nitrogens with one attached hydrogen (secondary N) is 1. The molecule has 0 bridgehead atoms. The minimum Gasteiger partial charge on any atom is -0.397 e. The molecule has 0 aliphatic carbocycles. The predicted molar refractivity (Wildman–Crippen MR) is 88.7 cm³/mol. The van der Waals surface area contributed by atoms with E-state index in [1.807, 2.05) is 20.9 Å². The Bertz CT molecular complexity index is 656. The summed E-state index contributed by atoms with van der Waals surface area (Å²) < 4.78 is 1.78. The van der Waals surface area contributed by atoms with E-state index in [1.165, 1.54) is 11.3 Å². The fourth-order valence-electron chi connectivity index (χ4n) is 2.44. The fraction of sp³-hybridized carbons (Fsp3) is 0.600. The normalized spacial score (nSPS) is 13.0. The number of hydrogen-bond acceptors (Lipinski definition) is 4. The fourth-order valence-corrected chi connectivity index (χ4v) is 3.53. The third-order valence-corrected chi connectivity index (χ3v) is 4.91. The molecule has 21 heavy (non-hydrogen) atoms. The number of carbonyl (C=O) groups is 1. The molecule has 6 heteroatoms. The molecule has 5 nitrogen and oxygen atoms in total. The predicted octanol–water partition coefficient (Wildman–Crippen LogP) is 3.08. The first-order valence-electron chi connectivity index (χ1n) is 7.33. The number of amides is 1. The molecule has 2 aromatic heterocycles. The summed E-state index contributed by atoms with van der Waals surface area (Å²) in [6.07, 6.45) is 2.08. The highest BCUT2D eigenvalue weighted by Gasteiger charge is 2.21. The zero-order valence-electron chi connectivity index (χ0n) is 13.4. The second-order valence-electron chi connectivity index (χ2n) is 6.08. The Morgan fingerprint density at radius 1 is 1.38 bits per heavy atom. The van der Waals surface area contributed by atoms with Crippen LogP contribution in [-0.2, 0) is 7.05 Å². The minimum atomic E-state index is -0.0793. The molecule has 0 saturated heterocycles. The number of thiophene rings is 1. The van der Waals surface area contributed by atoms with Crippen LogP contribution in [0.15, 0.2) is 0 Å². The number of anilines is 1. The van der Waals surface area contributed by atoms with Gasteiger partial charge in [-0.1, -0.05) is 13.8 Å². The van der Waals surface area contributed by atoms with Gasteiger partial charge in [0.1, 0.15) is 9.71 Å². The molecule has 0 saturated carbocycles. The second kappa shape index (κ2) is 6.05. The molecular weight excluding hydrogens is 284 g/mol. The summed E-state index contributed by atoms with van der Waals surface area (Å²) in [7, 11) is 1.87. The van der Waals surface area contributed by atoms with Gasteiger partial charge in [0.15, 0.2) is 0 Å². The summed E-state index contributed by atoms with van der Waals surface area (Å²) in [6.45, 7) is 8.33. The molecule has 1 amide bonds. The van der Waals surface area contributed by atoms with Crippen molar-refractivity contribution in [2.75, 3.05) is 5.73 Å². The zero-order chi connectivity index (χ0) is 15.7. The lowest BCUT2D eigenvalue weighted by Crippen LogP contribution is -2.32. The summed E-state index contributed by atoms with van der Waals surface area (Å²) in [5, 5.41) is 8.29. The topological polar surface area (TPSA) is 72.9 Å². The first-order valence-corrected chi connectivity index (χ1v) is 8.15. The lowest BCUT2D eigenvalue weighted by atomic mass is 10.0.